The minimum absolute atomic E-state index is 0.175. The Hall–Kier alpha value is -0.910. The first-order chi connectivity index (χ1) is 7.18. The Bertz CT molecular complexity index is 452. The summed E-state index contributed by atoms with van der Waals surface area (Å²) in [6.07, 6.45) is 3.47. The van der Waals surface area contributed by atoms with E-state index in [-0.39, 0.29) is 9.74 Å². The van der Waals surface area contributed by atoms with Gasteiger partial charge in [0.05, 0.1) is 5.69 Å². The van der Waals surface area contributed by atoms with Crippen LogP contribution in [0.15, 0.2) is 36.7 Å². The van der Waals surface area contributed by atoms with Crippen LogP contribution in [0.3, 0.4) is 0 Å². The van der Waals surface area contributed by atoms with Gasteiger partial charge in [-0.15, -0.1) is 0 Å². The van der Waals surface area contributed by atoms with Gasteiger partial charge < -0.3 is 0 Å². The molecule has 1 aromatic carbocycles. The average molecular weight is 316 g/mol. The van der Waals surface area contributed by atoms with Crippen LogP contribution in [0.2, 0.25) is 0 Å². The van der Waals surface area contributed by atoms with Crippen LogP contribution in [0.5, 0.6) is 0 Å². The minimum atomic E-state index is -0.176. The maximum Gasteiger partial charge on any atom is 0.129 e. The highest BCUT2D eigenvalue weighted by atomic mass is 127. The molecule has 0 N–H and O–H groups in total. The van der Waals surface area contributed by atoms with Crippen LogP contribution in [-0.4, -0.2) is 9.78 Å². The fourth-order valence-corrected chi connectivity index (χ4v) is 1.91. The molecule has 1 aromatic heterocycles. The first-order valence-electron chi connectivity index (χ1n) is 4.62. The molecule has 1 atom stereocenters. The third kappa shape index (κ3) is 2.19. The van der Waals surface area contributed by atoms with E-state index in [1.807, 2.05) is 25.1 Å². The molecule has 0 radical (unpaired) electrons. The minimum Gasteiger partial charge on any atom is -0.241 e. The standard InChI is InChI=1S/C11H10FIN2/c1-8(13)10-4-3-9(7-11(10)12)15-6-2-5-14-15/h2-8H,1H3/t8-/m1/s1. The number of hydrogen-bond donors (Lipinski definition) is 0. The first kappa shape index (κ1) is 10.6. The fourth-order valence-electron chi connectivity index (χ4n) is 1.40. The predicted molar refractivity (Wildman–Crippen MR) is 66.0 cm³/mol. The van der Waals surface area contributed by atoms with E-state index in [9.17, 15) is 4.39 Å². The molecule has 0 aliphatic heterocycles. The molecule has 0 bridgehead atoms. The van der Waals surface area contributed by atoms with Crippen LogP contribution in [0.25, 0.3) is 5.69 Å². The first-order valence-corrected chi connectivity index (χ1v) is 5.86. The van der Waals surface area contributed by atoms with Crippen molar-refractivity contribution in [1.82, 2.24) is 9.78 Å². The van der Waals surface area contributed by atoms with Gasteiger partial charge in [0.15, 0.2) is 0 Å². The average Bonchev–Trinajstić information content (AvgIpc) is 2.69. The Morgan fingerprint density at radius 1 is 1.47 bits per heavy atom. The lowest BCUT2D eigenvalue weighted by molar-refractivity contribution is 0.610. The number of halogens is 2. The van der Waals surface area contributed by atoms with Crippen LogP contribution in [0.1, 0.15) is 16.4 Å². The van der Waals surface area contributed by atoms with E-state index in [1.54, 1.807) is 17.1 Å². The molecule has 2 aromatic rings. The summed E-state index contributed by atoms with van der Waals surface area (Å²) in [4.78, 5) is 0. The zero-order chi connectivity index (χ0) is 10.8. The topological polar surface area (TPSA) is 17.8 Å². The van der Waals surface area contributed by atoms with E-state index < -0.39 is 0 Å². The Morgan fingerprint density at radius 2 is 2.27 bits per heavy atom. The number of aromatic nitrogens is 2. The van der Waals surface area contributed by atoms with Crippen molar-refractivity contribution in [3.63, 3.8) is 0 Å². The van der Waals surface area contributed by atoms with Crippen LogP contribution in [0, 0.1) is 5.82 Å². The third-order valence-corrected chi connectivity index (χ3v) is 2.85. The summed E-state index contributed by atoms with van der Waals surface area (Å²) in [6.45, 7) is 1.96. The Labute approximate surface area is 101 Å². The quantitative estimate of drug-likeness (QED) is 0.612. The molecule has 2 rings (SSSR count). The summed E-state index contributed by atoms with van der Waals surface area (Å²) < 4.78 is 15.5. The summed E-state index contributed by atoms with van der Waals surface area (Å²) in [5, 5.41) is 4.05. The van der Waals surface area contributed by atoms with E-state index in [4.69, 9.17) is 0 Å². The van der Waals surface area contributed by atoms with Crippen LogP contribution >= 0.6 is 22.6 Å². The van der Waals surface area contributed by atoms with E-state index in [0.29, 0.717) is 0 Å². The smallest absolute Gasteiger partial charge is 0.129 e. The summed E-state index contributed by atoms with van der Waals surface area (Å²) in [7, 11) is 0. The zero-order valence-corrected chi connectivity index (χ0v) is 10.3. The molecule has 0 fully saturated rings. The Balaban J connectivity index is 2.42. The lowest BCUT2D eigenvalue weighted by Gasteiger charge is -2.07. The molecule has 15 heavy (non-hydrogen) atoms. The number of hydrogen-bond acceptors (Lipinski definition) is 1. The lowest BCUT2D eigenvalue weighted by Crippen LogP contribution is -1.97. The van der Waals surface area contributed by atoms with Gasteiger partial charge in [0.25, 0.3) is 0 Å². The molecule has 2 nitrogen and oxygen atoms in total. The highest BCUT2D eigenvalue weighted by Crippen LogP contribution is 2.26. The largest absolute Gasteiger partial charge is 0.241 e. The van der Waals surface area contributed by atoms with Crippen molar-refractivity contribution >= 4 is 22.6 Å². The molecule has 0 spiro atoms. The lowest BCUT2D eigenvalue weighted by atomic mass is 10.1. The molecule has 0 amide bonds. The SMILES string of the molecule is C[C@@H](I)c1ccc(-n2cccn2)cc1F. The van der Waals surface area contributed by atoms with Crippen LogP contribution in [-0.2, 0) is 0 Å². The van der Waals surface area contributed by atoms with Gasteiger partial charge >= 0.3 is 0 Å². The van der Waals surface area contributed by atoms with Crippen LogP contribution in [0.4, 0.5) is 4.39 Å². The van der Waals surface area contributed by atoms with Gasteiger partial charge in [-0.3, -0.25) is 0 Å². The van der Waals surface area contributed by atoms with Crippen molar-refractivity contribution in [1.29, 1.82) is 0 Å². The van der Waals surface area contributed by atoms with E-state index in [2.05, 4.69) is 27.7 Å². The summed E-state index contributed by atoms with van der Waals surface area (Å²) >= 11 is 2.20. The summed E-state index contributed by atoms with van der Waals surface area (Å²) in [5.74, 6) is -0.176. The number of rotatable bonds is 2. The molecule has 1 heterocycles. The zero-order valence-electron chi connectivity index (χ0n) is 8.19. The van der Waals surface area contributed by atoms with Crippen molar-refractivity contribution in [3.8, 4) is 5.69 Å². The number of nitrogens with zero attached hydrogens (tertiary/aromatic N) is 2. The second-order valence-corrected chi connectivity index (χ2v) is 5.14. The van der Waals surface area contributed by atoms with Gasteiger partial charge in [0.2, 0.25) is 0 Å². The van der Waals surface area contributed by atoms with Crippen molar-refractivity contribution in [3.05, 3.63) is 48.0 Å². The van der Waals surface area contributed by atoms with Gasteiger partial charge in [-0.25, -0.2) is 9.07 Å². The molecule has 78 valence electrons. The van der Waals surface area contributed by atoms with E-state index in [0.717, 1.165) is 11.3 Å². The molecule has 0 aliphatic rings. The van der Waals surface area contributed by atoms with Gasteiger partial charge in [-0.2, -0.15) is 5.10 Å². The number of benzene rings is 1. The molecule has 0 unspecified atom stereocenters. The molecule has 4 heteroatoms. The maximum absolute atomic E-state index is 13.6. The van der Waals surface area contributed by atoms with Gasteiger partial charge in [-0.05, 0) is 25.1 Å². The van der Waals surface area contributed by atoms with Crippen molar-refractivity contribution < 1.29 is 4.39 Å². The van der Waals surface area contributed by atoms with Gasteiger partial charge in [0, 0.05) is 21.9 Å². The van der Waals surface area contributed by atoms with E-state index in [1.165, 1.54) is 6.07 Å². The predicted octanol–water partition coefficient (Wildman–Crippen LogP) is 3.51. The highest BCUT2D eigenvalue weighted by molar-refractivity contribution is 14.1. The molecule has 0 saturated carbocycles. The second kappa shape index (κ2) is 4.30. The van der Waals surface area contributed by atoms with Gasteiger partial charge in [0.1, 0.15) is 5.82 Å². The Kier molecular flexibility index (Phi) is 3.04. The normalized spacial score (nSPS) is 12.7. The fraction of sp³-hybridized carbons (Fsp3) is 0.182. The van der Waals surface area contributed by atoms with Crippen molar-refractivity contribution in [2.45, 2.75) is 10.8 Å². The number of alkyl halides is 1. The maximum atomic E-state index is 13.6. The van der Waals surface area contributed by atoms with Gasteiger partial charge in [-0.1, -0.05) is 28.7 Å². The Morgan fingerprint density at radius 3 is 2.80 bits per heavy atom. The monoisotopic (exact) mass is 316 g/mol. The molecular formula is C11H10FIN2. The van der Waals surface area contributed by atoms with Crippen molar-refractivity contribution in [2.75, 3.05) is 0 Å². The second-order valence-electron chi connectivity index (χ2n) is 3.27. The molecular weight excluding hydrogens is 306 g/mol. The highest BCUT2D eigenvalue weighted by Gasteiger charge is 2.08. The molecule has 0 aliphatic carbocycles. The van der Waals surface area contributed by atoms with Crippen LogP contribution < -0.4 is 0 Å². The third-order valence-electron chi connectivity index (χ3n) is 2.18. The molecule has 0 saturated heterocycles. The summed E-state index contributed by atoms with van der Waals surface area (Å²) in [6, 6.07) is 7.01. The van der Waals surface area contributed by atoms with E-state index >= 15 is 0 Å². The summed E-state index contributed by atoms with van der Waals surface area (Å²) in [5.41, 5.74) is 1.48. The van der Waals surface area contributed by atoms with Crippen molar-refractivity contribution in [2.24, 2.45) is 0 Å².